The van der Waals surface area contributed by atoms with Crippen molar-refractivity contribution in [1.82, 2.24) is 0 Å². The number of carbonyl (C=O) groups excluding carboxylic acids is 1. The van der Waals surface area contributed by atoms with Gasteiger partial charge in [0.2, 0.25) is 0 Å². The van der Waals surface area contributed by atoms with Crippen molar-refractivity contribution in [3.8, 4) is 17.2 Å². The van der Waals surface area contributed by atoms with Crippen LogP contribution < -0.4 is 25.3 Å². The zero-order valence-electron chi connectivity index (χ0n) is 13.4. The lowest BCUT2D eigenvalue weighted by molar-refractivity contribution is -0.118. The minimum Gasteiger partial charge on any atom is -0.493 e. The van der Waals surface area contributed by atoms with Gasteiger partial charge in [0.05, 0.1) is 25.6 Å². The van der Waals surface area contributed by atoms with Gasteiger partial charge in [-0.3, -0.25) is 4.79 Å². The van der Waals surface area contributed by atoms with Gasteiger partial charge in [0.15, 0.2) is 18.1 Å². The smallest absolute Gasteiger partial charge is 0.262 e. The molecule has 0 aliphatic heterocycles. The summed E-state index contributed by atoms with van der Waals surface area (Å²) < 4.78 is 15.8. The quantitative estimate of drug-likeness (QED) is 0.801. The first-order valence-corrected chi connectivity index (χ1v) is 7.04. The molecule has 1 amide bonds. The Morgan fingerprint density at radius 2 is 1.70 bits per heavy atom. The number of hydrogen-bond acceptors (Lipinski definition) is 5. The average molecular weight is 316 g/mol. The van der Waals surface area contributed by atoms with Gasteiger partial charge in [-0.25, -0.2) is 0 Å². The van der Waals surface area contributed by atoms with Crippen molar-refractivity contribution in [1.29, 1.82) is 0 Å². The van der Waals surface area contributed by atoms with Crippen LogP contribution in [0.4, 0.5) is 11.4 Å². The van der Waals surface area contributed by atoms with E-state index in [-0.39, 0.29) is 12.5 Å². The molecular weight excluding hydrogens is 296 g/mol. The van der Waals surface area contributed by atoms with E-state index < -0.39 is 0 Å². The molecule has 0 radical (unpaired) electrons. The van der Waals surface area contributed by atoms with Crippen molar-refractivity contribution in [2.45, 2.75) is 6.92 Å². The first-order chi connectivity index (χ1) is 11.0. The van der Waals surface area contributed by atoms with Crippen molar-refractivity contribution in [3.63, 3.8) is 0 Å². The molecule has 122 valence electrons. The fraction of sp³-hybridized carbons (Fsp3) is 0.235. The molecule has 0 aliphatic rings. The molecule has 23 heavy (non-hydrogen) atoms. The summed E-state index contributed by atoms with van der Waals surface area (Å²) in [5, 5.41) is 2.69. The highest BCUT2D eigenvalue weighted by Crippen LogP contribution is 2.34. The summed E-state index contributed by atoms with van der Waals surface area (Å²) in [6.07, 6.45) is 0. The van der Waals surface area contributed by atoms with Gasteiger partial charge in [-0.15, -0.1) is 0 Å². The number of anilines is 2. The minimum absolute atomic E-state index is 0.114. The third kappa shape index (κ3) is 4.29. The number of benzene rings is 2. The zero-order valence-corrected chi connectivity index (χ0v) is 13.4. The largest absolute Gasteiger partial charge is 0.493 e. The maximum absolute atomic E-state index is 12.0. The SMILES string of the molecule is COc1cc(N)c(NC(=O)COc2ccc(C)cc2)cc1OC. The Balaban J connectivity index is 2.01. The van der Waals surface area contributed by atoms with Crippen LogP contribution in [0.1, 0.15) is 5.56 Å². The number of aryl methyl sites for hydroxylation is 1. The van der Waals surface area contributed by atoms with Crippen molar-refractivity contribution >= 4 is 17.3 Å². The molecule has 2 aromatic rings. The molecular formula is C17H20N2O4. The highest BCUT2D eigenvalue weighted by Gasteiger charge is 2.12. The third-order valence-electron chi connectivity index (χ3n) is 3.22. The summed E-state index contributed by atoms with van der Waals surface area (Å²) in [5.41, 5.74) is 7.85. The molecule has 6 nitrogen and oxygen atoms in total. The molecule has 0 aromatic heterocycles. The first-order valence-electron chi connectivity index (χ1n) is 7.04. The fourth-order valence-electron chi connectivity index (χ4n) is 1.97. The van der Waals surface area contributed by atoms with Crippen LogP contribution in [0.15, 0.2) is 36.4 Å². The third-order valence-corrected chi connectivity index (χ3v) is 3.22. The van der Waals surface area contributed by atoms with E-state index in [9.17, 15) is 4.79 Å². The summed E-state index contributed by atoms with van der Waals surface area (Å²) in [4.78, 5) is 12.0. The topological polar surface area (TPSA) is 82.8 Å². The molecule has 6 heteroatoms. The second-order valence-electron chi connectivity index (χ2n) is 4.94. The first kappa shape index (κ1) is 16.5. The Morgan fingerprint density at radius 3 is 2.30 bits per heavy atom. The molecule has 0 fully saturated rings. The van der Waals surface area contributed by atoms with E-state index in [1.807, 2.05) is 31.2 Å². The number of nitrogen functional groups attached to an aromatic ring is 1. The van der Waals surface area contributed by atoms with E-state index in [1.165, 1.54) is 14.2 Å². The van der Waals surface area contributed by atoms with Gasteiger partial charge in [-0.2, -0.15) is 0 Å². The van der Waals surface area contributed by atoms with Crippen LogP contribution in [0.2, 0.25) is 0 Å². The monoisotopic (exact) mass is 316 g/mol. The Labute approximate surface area is 135 Å². The van der Waals surface area contributed by atoms with E-state index in [0.29, 0.717) is 28.6 Å². The normalized spacial score (nSPS) is 10.0. The number of carbonyl (C=O) groups is 1. The van der Waals surface area contributed by atoms with E-state index in [0.717, 1.165) is 5.56 Å². The molecule has 0 bridgehead atoms. The molecule has 0 atom stereocenters. The van der Waals surface area contributed by atoms with Crippen LogP contribution >= 0.6 is 0 Å². The highest BCUT2D eigenvalue weighted by atomic mass is 16.5. The lowest BCUT2D eigenvalue weighted by Crippen LogP contribution is -2.20. The molecule has 0 aliphatic carbocycles. The number of rotatable bonds is 6. The average Bonchev–Trinajstić information content (AvgIpc) is 2.55. The summed E-state index contributed by atoms with van der Waals surface area (Å²) >= 11 is 0. The summed E-state index contributed by atoms with van der Waals surface area (Å²) in [5.74, 6) is 1.30. The van der Waals surface area contributed by atoms with Crippen molar-refractivity contribution in [3.05, 3.63) is 42.0 Å². The van der Waals surface area contributed by atoms with Crippen LogP contribution in [-0.4, -0.2) is 26.7 Å². The minimum atomic E-state index is -0.315. The maximum Gasteiger partial charge on any atom is 0.262 e. The van der Waals surface area contributed by atoms with Gasteiger partial charge >= 0.3 is 0 Å². The molecule has 0 unspecified atom stereocenters. The van der Waals surface area contributed by atoms with Crippen molar-refractivity contribution < 1.29 is 19.0 Å². The number of ether oxygens (including phenoxy) is 3. The number of nitrogens with one attached hydrogen (secondary N) is 1. The van der Waals surface area contributed by atoms with Gasteiger partial charge in [0.25, 0.3) is 5.91 Å². The maximum atomic E-state index is 12.0. The highest BCUT2D eigenvalue weighted by molar-refractivity contribution is 5.95. The van der Waals surface area contributed by atoms with E-state index >= 15 is 0 Å². The van der Waals surface area contributed by atoms with Gasteiger partial charge in [0.1, 0.15) is 5.75 Å². The number of amides is 1. The Morgan fingerprint density at radius 1 is 1.09 bits per heavy atom. The predicted molar refractivity (Wildman–Crippen MR) is 89.3 cm³/mol. The van der Waals surface area contributed by atoms with E-state index in [4.69, 9.17) is 19.9 Å². The van der Waals surface area contributed by atoms with Crippen LogP contribution in [0.25, 0.3) is 0 Å². The van der Waals surface area contributed by atoms with Gasteiger partial charge in [-0.05, 0) is 19.1 Å². The predicted octanol–water partition coefficient (Wildman–Crippen LogP) is 2.61. The lowest BCUT2D eigenvalue weighted by Gasteiger charge is -2.13. The number of nitrogens with two attached hydrogens (primary N) is 1. The van der Waals surface area contributed by atoms with Crippen LogP contribution in [0.3, 0.4) is 0 Å². The van der Waals surface area contributed by atoms with Gasteiger partial charge < -0.3 is 25.3 Å². The van der Waals surface area contributed by atoms with Crippen LogP contribution in [0, 0.1) is 6.92 Å². The molecule has 0 spiro atoms. The second-order valence-corrected chi connectivity index (χ2v) is 4.94. The van der Waals surface area contributed by atoms with Crippen molar-refractivity contribution in [2.24, 2.45) is 0 Å². The van der Waals surface area contributed by atoms with Crippen LogP contribution in [-0.2, 0) is 4.79 Å². The Bertz CT molecular complexity index is 684. The standard InChI is InChI=1S/C17H20N2O4/c1-11-4-6-12(7-5-11)23-10-17(20)19-14-9-16(22-3)15(21-2)8-13(14)18/h4-9H,10,18H2,1-3H3,(H,19,20). The Kier molecular flexibility index (Phi) is 5.30. The molecule has 2 aromatic carbocycles. The number of methoxy groups -OCH3 is 2. The number of hydrogen-bond donors (Lipinski definition) is 2. The lowest BCUT2D eigenvalue weighted by atomic mass is 10.2. The summed E-state index contributed by atoms with van der Waals surface area (Å²) in [6.45, 7) is 1.87. The summed E-state index contributed by atoms with van der Waals surface area (Å²) in [7, 11) is 3.03. The van der Waals surface area contributed by atoms with E-state index in [2.05, 4.69) is 5.32 Å². The second kappa shape index (κ2) is 7.40. The van der Waals surface area contributed by atoms with Crippen molar-refractivity contribution in [2.75, 3.05) is 31.9 Å². The fourth-order valence-corrected chi connectivity index (χ4v) is 1.97. The van der Waals surface area contributed by atoms with Crippen LogP contribution in [0.5, 0.6) is 17.2 Å². The van der Waals surface area contributed by atoms with Gasteiger partial charge in [0, 0.05) is 12.1 Å². The molecule has 0 heterocycles. The molecule has 0 saturated carbocycles. The molecule has 2 rings (SSSR count). The van der Waals surface area contributed by atoms with E-state index in [1.54, 1.807) is 12.1 Å². The Hall–Kier alpha value is -2.89. The molecule has 0 saturated heterocycles. The van der Waals surface area contributed by atoms with Gasteiger partial charge in [-0.1, -0.05) is 17.7 Å². The summed E-state index contributed by atoms with van der Waals surface area (Å²) in [6, 6.07) is 10.7. The molecule has 3 N–H and O–H groups in total. The zero-order chi connectivity index (χ0) is 16.8.